The molecule has 0 unspecified atom stereocenters. The van der Waals surface area contributed by atoms with Crippen molar-refractivity contribution in [3.8, 4) is 0 Å². The van der Waals surface area contributed by atoms with Crippen LogP contribution in [-0.2, 0) is 0 Å². The molecule has 0 radical (unpaired) electrons. The molecule has 2 aromatic heterocycles. The number of nitrogens with one attached hydrogen (secondary N) is 2. The monoisotopic (exact) mass is 341 g/mol. The first kappa shape index (κ1) is 16.0. The molecule has 0 saturated heterocycles. The topological polar surface area (TPSA) is 114 Å². The summed E-state index contributed by atoms with van der Waals surface area (Å²) in [6, 6.07) is 9.27. The van der Waals surface area contributed by atoms with Crippen molar-refractivity contribution < 1.29 is 4.79 Å². The number of fused-ring (bicyclic) bond motifs is 1. The van der Waals surface area contributed by atoms with E-state index >= 15 is 0 Å². The maximum Gasteiger partial charge on any atom is 0.266 e. The van der Waals surface area contributed by atoms with Crippen LogP contribution in [0.4, 0.5) is 11.5 Å². The normalized spacial score (nSPS) is 10.7. The molecule has 0 bridgehead atoms. The molecule has 0 fully saturated rings. The van der Waals surface area contributed by atoms with Gasteiger partial charge in [-0.15, -0.1) is 0 Å². The Kier molecular flexibility index (Phi) is 4.48. The fourth-order valence-corrected chi connectivity index (χ4v) is 2.86. The van der Waals surface area contributed by atoms with Gasteiger partial charge in [-0.2, -0.15) is 0 Å². The number of nitrogens with zero attached hydrogens (tertiary/aromatic N) is 2. The van der Waals surface area contributed by atoms with Crippen LogP contribution in [0.2, 0.25) is 0 Å². The Morgan fingerprint density at radius 2 is 2.21 bits per heavy atom. The molecule has 4 N–H and O–H groups in total. The van der Waals surface area contributed by atoms with Crippen molar-refractivity contribution in [2.24, 2.45) is 5.73 Å². The molecule has 0 atom stereocenters. The lowest BCUT2D eigenvalue weighted by Gasteiger charge is -2.10. The summed E-state index contributed by atoms with van der Waals surface area (Å²) in [5, 5.41) is 4.37. The van der Waals surface area contributed by atoms with Crippen LogP contribution in [0.25, 0.3) is 10.9 Å². The molecule has 1 amide bonds. The van der Waals surface area contributed by atoms with E-state index in [0.717, 1.165) is 16.7 Å². The number of amides is 1. The number of carbonyl (C=O) groups is 1. The minimum Gasteiger partial charge on any atom is -0.365 e. The van der Waals surface area contributed by atoms with Gasteiger partial charge in [-0.3, -0.25) is 14.6 Å². The Balaban J connectivity index is 2.06. The Bertz CT molecular complexity index is 970. The van der Waals surface area contributed by atoms with E-state index in [-0.39, 0.29) is 11.4 Å². The number of aromatic amines is 1. The number of thioether (sulfide) groups is 1. The lowest BCUT2D eigenvalue weighted by Crippen LogP contribution is -2.26. The fourth-order valence-electron chi connectivity index (χ4n) is 2.27. The average molecular weight is 341 g/mol. The van der Waals surface area contributed by atoms with Crippen LogP contribution < -0.4 is 16.6 Å². The molecule has 3 aromatic rings. The number of benzene rings is 1. The van der Waals surface area contributed by atoms with Gasteiger partial charge in [0.05, 0.1) is 5.52 Å². The summed E-state index contributed by atoms with van der Waals surface area (Å²) < 4.78 is 0. The van der Waals surface area contributed by atoms with Gasteiger partial charge in [-0.05, 0) is 30.0 Å². The summed E-state index contributed by atoms with van der Waals surface area (Å²) in [6.07, 6.45) is 1.72. The molecular weight excluding hydrogens is 326 g/mol. The largest absolute Gasteiger partial charge is 0.365 e. The number of hydrogen-bond acceptors (Lipinski definition) is 6. The predicted octanol–water partition coefficient (Wildman–Crippen LogP) is 2.27. The molecule has 0 aliphatic heterocycles. The third-order valence-electron chi connectivity index (χ3n) is 3.29. The van der Waals surface area contributed by atoms with Crippen molar-refractivity contribution in [3.63, 3.8) is 0 Å². The second-order valence-corrected chi connectivity index (χ2v) is 6.18. The van der Waals surface area contributed by atoms with Crippen molar-refractivity contribution in [2.75, 3.05) is 11.1 Å². The van der Waals surface area contributed by atoms with Gasteiger partial charge in [0.1, 0.15) is 5.56 Å². The van der Waals surface area contributed by atoms with Gasteiger partial charge in [0.25, 0.3) is 11.5 Å². The molecule has 8 heteroatoms. The summed E-state index contributed by atoms with van der Waals surface area (Å²) in [4.78, 5) is 34.9. The van der Waals surface area contributed by atoms with Crippen molar-refractivity contribution in [1.82, 2.24) is 15.0 Å². The second-order valence-electron chi connectivity index (χ2n) is 4.93. The van der Waals surface area contributed by atoms with Crippen LogP contribution in [-0.4, -0.2) is 26.6 Å². The van der Waals surface area contributed by atoms with Crippen molar-refractivity contribution in [1.29, 1.82) is 0 Å². The standard InChI is InChI=1S/C16H15N5O2S/c1-2-24-16-20-14(12(13(17)22)15(23)21-16)19-10-5-6-11-9(8-10)4-3-7-18-11/h3-8H,2H2,1H3,(H2,17,22)(H2,19,20,21,23). The zero-order valence-electron chi connectivity index (χ0n) is 12.9. The number of H-pyrrole nitrogens is 1. The van der Waals surface area contributed by atoms with E-state index < -0.39 is 11.5 Å². The van der Waals surface area contributed by atoms with E-state index in [1.807, 2.05) is 31.2 Å². The third-order valence-corrected chi connectivity index (χ3v) is 4.05. The molecule has 7 nitrogen and oxygen atoms in total. The van der Waals surface area contributed by atoms with Crippen molar-refractivity contribution in [3.05, 3.63) is 52.4 Å². The Hall–Kier alpha value is -2.87. The smallest absolute Gasteiger partial charge is 0.266 e. The summed E-state index contributed by atoms with van der Waals surface area (Å²) in [5.41, 5.74) is 6.11. The molecule has 1 aromatic carbocycles. The third kappa shape index (κ3) is 3.23. The number of nitrogens with two attached hydrogens (primary N) is 1. The van der Waals surface area contributed by atoms with Gasteiger partial charge in [0.2, 0.25) is 0 Å². The molecule has 24 heavy (non-hydrogen) atoms. The van der Waals surface area contributed by atoms with E-state index in [0.29, 0.717) is 10.8 Å². The maximum atomic E-state index is 12.1. The highest BCUT2D eigenvalue weighted by Gasteiger charge is 2.17. The number of primary amides is 1. The molecule has 0 aliphatic carbocycles. The number of aromatic nitrogens is 3. The minimum absolute atomic E-state index is 0.144. The van der Waals surface area contributed by atoms with Crippen LogP contribution in [0.15, 0.2) is 46.5 Å². The molecule has 3 rings (SSSR count). The van der Waals surface area contributed by atoms with E-state index in [1.165, 1.54) is 11.8 Å². The Morgan fingerprint density at radius 1 is 1.38 bits per heavy atom. The first-order chi connectivity index (χ1) is 11.6. The van der Waals surface area contributed by atoms with Gasteiger partial charge >= 0.3 is 0 Å². The van der Waals surface area contributed by atoms with Crippen LogP contribution in [0.3, 0.4) is 0 Å². The van der Waals surface area contributed by atoms with Gasteiger partial charge in [-0.1, -0.05) is 24.8 Å². The average Bonchev–Trinajstić information content (AvgIpc) is 2.54. The Morgan fingerprint density at radius 3 is 2.96 bits per heavy atom. The molecule has 2 heterocycles. The van der Waals surface area contributed by atoms with Crippen molar-refractivity contribution >= 4 is 40.1 Å². The summed E-state index contributed by atoms with van der Waals surface area (Å²) in [5.74, 6) is 0.0483. The number of anilines is 2. The number of pyridine rings is 1. The van der Waals surface area contributed by atoms with Crippen LogP contribution in [0.1, 0.15) is 17.3 Å². The first-order valence-electron chi connectivity index (χ1n) is 7.27. The zero-order valence-corrected chi connectivity index (χ0v) is 13.7. The van der Waals surface area contributed by atoms with E-state index in [2.05, 4.69) is 20.3 Å². The van der Waals surface area contributed by atoms with Crippen LogP contribution in [0.5, 0.6) is 0 Å². The second kappa shape index (κ2) is 6.71. The molecule has 0 saturated carbocycles. The zero-order chi connectivity index (χ0) is 17.1. The SMILES string of the molecule is CCSc1nc(Nc2ccc3ncccc3c2)c(C(N)=O)c(=O)[nH]1. The quantitative estimate of drug-likeness (QED) is 0.484. The number of carbonyl (C=O) groups excluding carboxylic acids is 1. The van der Waals surface area contributed by atoms with Gasteiger partial charge in [-0.25, -0.2) is 4.98 Å². The van der Waals surface area contributed by atoms with Gasteiger partial charge in [0, 0.05) is 17.3 Å². The Labute approximate surface area is 141 Å². The maximum absolute atomic E-state index is 12.1. The van der Waals surface area contributed by atoms with Gasteiger partial charge in [0.15, 0.2) is 11.0 Å². The molecule has 122 valence electrons. The molecule has 0 aliphatic rings. The van der Waals surface area contributed by atoms with Crippen LogP contribution in [0, 0.1) is 0 Å². The fraction of sp³-hybridized carbons (Fsp3) is 0.125. The van der Waals surface area contributed by atoms with E-state index in [4.69, 9.17) is 5.73 Å². The van der Waals surface area contributed by atoms with E-state index in [9.17, 15) is 9.59 Å². The van der Waals surface area contributed by atoms with E-state index in [1.54, 1.807) is 12.3 Å². The lowest BCUT2D eigenvalue weighted by molar-refractivity contribution is 0.0999. The molecule has 0 spiro atoms. The lowest BCUT2D eigenvalue weighted by atomic mass is 10.2. The number of hydrogen-bond donors (Lipinski definition) is 3. The molecular formula is C16H15N5O2S. The highest BCUT2D eigenvalue weighted by atomic mass is 32.2. The predicted molar refractivity (Wildman–Crippen MR) is 94.8 cm³/mol. The van der Waals surface area contributed by atoms with Crippen LogP contribution >= 0.6 is 11.8 Å². The summed E-state index contributed by atoms with van der Waals surface area (Å²) >= 11 is 1.37. The highest BCUT2D eigenvalue weighted by Crippen LogP contribution is 2.22. The summed E-state index contributed by atoms with van der Waals surface area (Å²) in [6.45, 7) is 1.94. The number of rotatable bonds is 5. The summed E-state index contributed by atoms with van der Waals surface area (Å²) in [7, 11) is 0. The first-order valence-corrected chi connectivity index (χ1v) is 8.25. The van der Waals surface area contributed by atoms with Gasteiger partial charge < -0.3 is 16.0 Å². The highest BCUT2D eigenvalue weighted by molar-refractivity contribution is 7.99. The van der Waals surface area contributed by atoms with Crippen molar-refractivity contribution in [2.45, 2.75) is 12.1 Å². The minimum atomic E-state index is -0.832.